The zero-order valence-electron chi connectivity index (χ0n) is 11.3. The van der Waals surface area contributed by atoms with E-state index in [1.54, 1.807) is 42.5 Å². The summed E-state index contributed by atoms with van der Waals surface area (Å²) in [5, 5.41) is 13.7. The molecule has 22 heavy (non-hydrogen) atoms. The van der Waals surface area contributed by atoms with Gasteiger partial charge in [0, 0.05) is 10.6 Å². The van der Waals surface area contributed by atoms with Crippen molar-refractivity contribution in [3.63, 3.8) is 0 Å². The molecule has 0 saturated carbocycles. The molecule has 0 aromatic heterocycles. The van der Waals surface area contributed by atoms with Gasteiger partial charge in [-0.2, -0.15) is 5.10 Å². The number of carboxylic acid groups (broad SMARTS) is 1. The third-order valence-electron chi connectivity index (χ3n) is 2.59. The second-order valence-corrected chi connectivity index (χ2v) is 5.06. The minimum Gasteiger partial charge on any atom is -0.481 e. The lowest BCUT2D eigenvalue weighted by Crippen LogP contribution is -2.10. The lowest BCUT2D eigenvalue weighted by molar-refractivity contribution is -0.139. The number of para-hydroxylation sites is 1. The number of carbonyl (C=O) groups is 1. The summed E-state index contributed by atoms with van der Waals surface area (Å²) < 4.78 is 5.18. The molecule has 0 saturated heterocycles. The van der Waals surface area contributed by atoms with E-state index in [0.29, 0.717) is 27.0 Å². The van der Waals surface area contributed by atoms with Crippen LogP contribution in [0, 0.1) is 0 Å². The summed E-state index contributed by atoms with van der Waals surface area (Å²) in [5.74, 6) is -0.615. The summed E-state index contributed by atoms with van der Waals surface area (Å²) in [6.07, 6.45) is 1.52. The van der Waals surface area contributed by atoms with Crippen molar-refractivity contribution < 1.29 is 14.6 Å². The monoisotopic (exact) mass is 338 g/mol. The van der Waals surface area contributed by atoms with E-state index in [9.17, 15) is 4.79 Å². The average Bonchev–Trinajstić information content (AvgIpc) is 2.48. The van der Waals surface area contributed by atoms with Gasteiger partial charge in [0.15, 0.2) is 6.61 Å². The van der Waals surface area contributed by atoms with E-state index in [0.717, 1.165) is 0 Å². The van der Waals surface area contributed by atoms with Gasteiger partial charge in [-0.1, -0.05) is 35.3 Å². The van der Waals surface area contributed by atoms with Crippen LogP contribution in [0.25, 0.3) is 0 Å². The minimum atomic E-state index is -1.04. The van der Waals surface area contributed by atoms with Gasteiger partial charge in [-0.15, -0.1) is 0 Å². The van der Waals surface area contributed by atoms with Crippen molar-refractivity contribution in [2.45, 2.75) is 0 Å². The number of benzene rings is 2. The molecule has 0 aliphatic carbocycles. The van der Waals surface area contributed by atoms with Crippen LogP contribution in [0.5, 0.6) is 5.75 Å². The number of carboxylic acids is 1. The molecule has 2 N–H and O–H groups in total. The highest BCUT2D eigenvalue weighted by molar-refractivity contribution is 6.36. The van der Waals surface area contributed by atoms with E-state index in [4.69, 9.17) is 33.0 Å². The summed E-state index contributed by atoms with van der Waals surface area (Å²) in [6, 6.07) is 12.0. The van der Waals surface area contributed by atoms with E-state index in [1.165, 1.54) is 6.21 Å². The number of hydrogen-bond acceptors (Lipinski definition) is 4. The number of rotatable bonds is 6. The fraction of sp³-hybridized carbons (Fsp3) is 0.0667. The van der Waals surface area contributed by atoms with Gasteiger partial charge in [0.05, 0.1) is 16.9 Å². The normalized spacial score (nSPS) is 10.6. The van der Waals surface area contributed by atoms with Gasteiger partial charge in [0.25, 0.3) is 0 Å². The topological polar surface area (TPSA) is 70.9 Å². The number of hydrazone groups is 1. The number of anilines is 1. The van der Waals surface area contributed by atoms with Gasteiger partial charge in [0.1, 0.15) is 5.75 Å². The fourth-order valence-corrected chi connectivity index (χ4v) is 2.06. The first-order chi connectivity index (χ1) is 10.6. The zero-order valence-corrected chi connectivity index (χ0v) is 12.8. The first-order valence-corrected chi connectivity index (χ1v) is 6.99. The molecule has 0 aliphatic rings. The molecule has 0 unspecified atom stereocenters. The summed E-state index contributed by atoms with van der Waals surface area (Å²) in [4.78, 5) is 10.6. The molecule has 2 aromatic rings. The van der Waals surface area contributed by atoms with Gasteiger partial charge in [-0.05, 0) is 30.3 Å². The van der Waals surface area contributed by atoms with Crippen LogP contribution in [0.1, 0.15) is 5.56 Å². The SMILES string of the molecule is O=C(O)COc1ccccc1/C=N\Nc1ccc(Cl)cc1Cl. The van der Waals surface area contributed by atoms with Gasteiger partial charge in [0.2, 0.25) is 0 Å². The quantitative estimate of drug-likeness (QED) is 0.618. The largest absolute Gasteiger partial charge is 0.481 e. The zero-order chi connectivity index (χ0) is 15.9. The van der Waals surface area contributed by atoms with Crippen molar-refractivity contribution in [1.82, 2.24) is 0 Å². The molecule has 0 amide bonds. The van der Waals surface area contributed by atoms with E-state index >= 15 is 0 Å². The maximum atomic E-state index is 10.6. The smallest absolute Gasteiger partial charge is 0.341 e. The second kappa shape index (κ2) is 7.68. The Kier molecular flexibility index (Phi) is 5.63. The molecular weight excluding hydrogens is 327 g/mol. The molecule has 7 heteroatoms. The molecule has 114 valence electrons. The van der Waals surface area contributed by atoms with Crippen LogP contribution in [0.3, 0.4) is 0 Å². The highest BCUT2D eigenvalue weighted by atomic mass is 35.5. The van der Waals surface area contributed by atoms with E-state index < -0.39 is 12.6 Å². The number of nitrogens with zero attached hydrogens (tertiary/aromatic N) is 1. The Morgan fingerprint density at radius 1 is 1.27 bits per heavy atom. The number of hydrogen-bond donors (Lipinski definition) is 2. The molecule has 0 atom stereocenters. The highest BCUT2D eigenvalue weighted by Crippen LogP contribution is 2.25. The van der Waals surface area contributed by atoms with Crippen LogP contribution in [0.15, 0.2) is 47.6 Å². The summed E-state index contributed by atoms with van der Waals surface area (Å²) in [6.45, 7) is -0.415. The molecular formula is C15H12Cl2N2O3. The predicted molar refractivity (Wildman–Crippen MR) is 87.3 cm³/mol. The fourth-order valence-electron chi connectivity index (χ4n) is 1.61. The molecule has 0 heterocycles. The Morgan fingerprint density at radius 2 is 2.05 bits per heavy atom. The lowest BCUT2D eigenvalue weighted by atomic mass is 10.2. The van der Waals surface area contributed by atoms with E-state index in [1.807, 2.05) is 0 Å². The van der Waals surface area contributed by atoms with Crippen molar-refractivity contribution in [2.75, 3.05) is 12.0 Å². The third kappa shape index (κ3) is 4.65. The van der Waals surface area contributed by atoms with Gasteiger partial charge in [-0.3, -0.25) is 5.43 Å². The van der Waals surface area contributed by atoms with Crippen LogP contribution in [0.4, 0.5) is 5.69 Å². The molecule has 0 radical (unpaired) electrons. The molecule has 5 nitrogen and oxygen atoms in total. The molecule has 2 rings (SSSR count). The van der Waals surface area contributed by atoms with Crippen LogP contribution in [-0.4, -0.2) is 23.9 Å². The van der Waals surface area contributed by atoms with E-state index in [-0.39, 0.29) is 0 Å². The van der Waals surface area contributed by atoms with Crippen molar-refractivity contribution in [2.24, 2.45) is 5.10 Å². The second-order valence-electron chi connectivity index (χ2n) is 4.21. The molecule has 0 bridgehead atoms. The van der Waals surface area contributed by atoms with Gasteiger partial charge < -0.3 is 9.84 Å². The first kappa shape index (κ1) is 16.1. The van der Waals surface area contributed by atoms with Gasteiger partial charge >= 0.3 is 5.97 Å². The van der Waals surface area contributed by atoms with Crippen molar-refractivity contribution in [3.8, 4) is 5.75 Å². The first-order valence-electron chi connectivity index (χ1n) is 6.24. The average molecular weight is 339 g/mol. The number of nitrogens with one attached hydrogen (secondary N) is 1. The minimum absolute atomic E-state index is 0.415. The maximum absolute atomic E-state index is 10.6. The summed E-state index contributed by atoms with van der Waals surface area (Å²) in [7, 11) is 0. The Hall–Kier alpha value is -2.24. The number of ether oxygens (including phenoxy) is 1. The predicted octanol–water partition coefficient (Wildman–Crippen LogP) is 3.90. The lowest BCUT2D eigenvalue weighted by Gasteiger charge is -2.07. The summed E-state index contributed by atoms with van der Waals surface area (Å²) >= 11 is 11.8. The Balaban J connectivity index is 2.08. The molecule has 2 aromatic carbocycles. The van der Waals surface area contributed by atoms with Crippen molar-refractivity contribution in [3.05, 3.63) is 58.1 Å². The molecule has 0 aliphatic heterocycles. The molecule has 0 fully saturated rings. The van der Waals surface area contributed by atoms with Crippen LogP contribution in [0.2, 0.25) is 10.0 Å². The Morgan fingerprint density at radius 3 is 2.77 bits per heavy atom. The number of halogens is 2. The van der Waals surface area contributed by atoms with Crippen LogP contribution < -0.4 is 10.2 Å². The third-order valence-corrected chi connectivity index (χ3v) is 3.14. The van der Waals surface area contributed by atoms with Gasteiger partial charge in [-0.25, -0.2) is 4.79 Å². The Bertz CT molecular complexity index is 705. The van der Waals surface area contributed by atoms with Crippen LogP contribution in [-0.2, 0) is 4.79 Å². The maximum Gasteiger partial charge on any atom is 0.341 e. The molecule has 0 spiro atoms. The van der Waals surface area contributed by atoms with Crippen molar-refractivity contribution >= 4 is 41.1 Å². The van der Waals surface area contributed by atoms with Crippen molar-refractivity contribution in [1.29, 1.82) is 0 Å². The van der Waals surface area contributed by atoms with E-state index in [2.05, 4.69) is 10.5 Å². The number of aliphatic carboxylic acids is 1. The summed E-state index contributed by atoms with van der Waals surface area (Å²) in [5.41, 5.74) is 4.03. The highest BCUT2D eigenvalue weighted by Gasteiger charge is 2.04. The standard InChI is InChI=1S/C15H12Cl2N2O3/c16-11-5-6-13(12(17)7-11)19-18-8-10-3-1-2-4-14(10)22-9-15(20)21/h1-8,19H,9H2,(H,20,21)/b18-8-. The van der Waals surface area contributed by atoms with Crippen LogP contribution >= 0.6 is 23.2 Å². The Labute approximate surface area is 137 Å².